The van der Waals surface area contributed by atoms with Gasteiger partial charge in [-0.15, -0.1) is 0 Å². The molecule has 1 rings (SSSR count). The minimum atomic E-state index is -1.52. The van der Waals surface area contributed by atoms with E-state index >= 15 is 0 Å². The zero-order valence-corrected chi connectivity index (χ0v) is 9.86. The van der Waals surface area contributed by atoms with E-state index in [9.17, 15) is 0 Å². The summed E-state index contributed by atoms with van der Waals surface area (Å²) in [4.78, 5) is 0. The van der Waals surface area contributed by atoms with Gasteiger partial charge in [0.15, 0.2) is 7.28 Å². The summed E-state index contributed by atoms with van der Waals surface area (Å²) in [6, 6.07) is 7.04. The summed E-state index contributed by atoms with van der Waals surface area (Å²) in [6.45, 7) is 6.29. The van der Waals surface area contributed by atoms with Crippen molar-refractivity contribution in [3.8, 4) is 6.07 Å². The number of nitrogens with zero attached hydrogens (tertiary/aromatic N) is 1. The SMILES string of the molecule is CC(C)(C)Bc1cc(C#N)cc(B(O)O)c1. The van der Waals surface area contributed by atoms with E-state index in [1.54, 1.807) is 12.1 Å². The Morgan fingerprint density at radius 3 is 2.31 bits per heavy atom. The lowest BCUT2D eigenvalue weighted by Crippen LogP contribution is -2.35. The van der Waals surface area contributed by atoms with Crippen LogP contribution in [0.5, 0.6) is 0 Å². The maximum atomic E-state index is 9.11. The van der Waals surface area contributed by atoms with Gasteiger partial charge in [0, 0.05) is 0 Å². The van der Waals surface area contributed by atoms with E-state index in [1.165, 1.54) is 6.07 Å². The molecule has 0 fully saturated rings. The molecular formula is C11H15B2NO2. The normalized spacial score (nSPS) is 10.8. The smallest absolute Gasteiger partial charge is 0.423 e. The van der Waals surface area contributed by atoms with Crippen LogP contribution in [-0.4, -0.2) is 24.4 Å². The third-order valence-corrected chi connectivity index (χ3v) is 2.18. The van der Waals surface area contributed by atoms with E-state index in [1.807, 2.05) is 6.07 Å². The molecule has 16 heavy (non-hydrogen) atoms. The third-order valence-electron chi connectivity index (χ3n) is 2.18. The van der Waals surface area contributed by atoms with Crippen LogP contribution in [0.15, 0.2) is 18.2 Å². The number of hydrogen-bond donors (Lipinski definition) is 2. The maximum Gasteiger partial charge on any atom is 0.488 e. The number of nitriles is 1. The Morgan fingerprint density at radius 1 is 1.25 bits per heavy atom. The van der Waals surface area contributed by atoms with Gasteiger partial charge < -0.3 is 10.0 Å². The first-order valence-electron chi connectivity index (χ1n) is 5.22. The predicted octanol–water partition coefficient (Wildman–Crippen LogP) is -0.482. The Kier molecular flexibility index (Phi) is 3.79. The summed E-state index contributed by atoms with van der Waals surface area (Å²) in [5.74, 6) is 0. The van der Waals surface area contributed by atoms with E-state index < -0.39 is 7.12 Å². The van der Waals surface area contributed by atoms with Crippen LogP contribution in [0.2, 0.25) is 5.31 Å². The molecule has 0 aromatic heterocycles. The van der Waals surface area contributed by atoms with Crippen molar-refractivity contribution >= 4 is 25.3 Å². The molecule has 2 N–H and O–H groups in total. The van der Waals surface area contributed by atoms with Crippen LogP contribution in [0.1, 0.15) is 26.3 Å². The van der Waals surface area contributed by atoms with E-state index in [4.69, 9.17) is 15.3 Å². The second kappa shape index (κ2) is 4.73. The van der Waals surface area contributed by atoms with Crippen LogP contribution < -0.4 is 10.9 Å². The molecule has 0 heterocycles. The van der Waals surface area contributed by atoms with Gasteiger partial charge in [-0.25, -0.2) is 0 Å². The Morgan fingerprint density at radius 2 is 1.88 bits per heavy atom. The first kappa shape index (κ1) is 12.8. The fraction of sp³-hybridized carbons (Fsp3) is 0.364. The Hall–Kier alpha value is -1.24. The van der Waals surface area contributed by atoms with Crippen molar-refractivity contribution in [2.75, 3.05) is 0 Å². The zero-order valence-electron chi connectivity index (χ0n) is 9.86. The van der Waals surface area contributed by atoms with E-state index in [0.717, 1.165) is 12.7 Å². The van der Waals surface area contributed by atoms with Crippen LogP contribution >= 0.6 is 0 Å². The molecule has 0 unspecified atom stereocenters. The molecule has 0 aliphatic rings. The average molecular weight is 215 g/mol. The minimum Gasteiger partial charge on any atom is -0.423 e. The minimum absolute atomic E-state index is 0.103. The molecule has 0 aliphatic carbocycles. The van der Waals surface area contributed by atoms with Crippen molar-refractivity contribution in [3.63, 3.8) is 0 Å². The predicted molar refractivity (Wildman–Crippen MR) is 67.5 cm³/mol. The molecule has 0 spiro atoms. The summed E-state index contributed by atoms with van der Waals surface area (Å²) in [6.07, 6.45) is 0. The molecule has 0 radical (unpaired) electrons. The Bertz CT molecular complexity index is 419. The van der Waals surface area contributed by atoms with Crippen molar-refractivity contribution < 1.29 is 10.0 Å². The van der Waals surface area contributed by atoms with Gasteiger partial charge in [0.1, 0.15) is 0 Å². The molecule has 0 aliphatic heterocycles. The average Bonchev–Trinajstić information content (AvgIpc) is 2.14. The molecule has 0 saturated carbocycles. The van der Waals surface area contributed by atoms with Crippen molar-refractivity contribution in [2.45, 2.75) is 26.1 Å². The summed E-state index contributed by atoms with van der Waals surface area (Å²) >= 11 is 0. The van der Waals surface area contributed by atoms with E-state index in [-0.39, 0.29) is 5.31 Å². The van der Waals surface area contributed by atoms with Crippen molar-refractivity contribution in [1.82, 2.24) is 0 Å². The summed E-state index contributed by atoms with van der Waals surface area (Å²) in [5.41, 5.74) is 1.79. The first-order valence-corrected chi connectivity index (χ1v) is 5.22. The molecule has 0 saturated heterocycles. The second-order valence-corrected chi connectivity index (χ2v) is 5.19. The Balaban J connectivity index is 3.11. The van der Waals surface area contributed by atoms with Crippen LogP contribution in [0.4, 0.5) is 0 Å². The quantitative estimate of drug-likeness (QED) is 0.654. The second-order valence-electron chi connectivity index (χ2n) is 5.19. The van der Waals surface area contributed by atoms with Crippen LogP contribution in [0, 0.1) is 11.3 Å². The molecule has 0 amide bonds. The maximum absolute atomic E-state index is 9.11. The summed E-state index contributed by atoms with van der Waals surface area (Å²) < 4.78 is 0. The van der Waals surface area contributed by atoms with E-state index in [2.05, 4.69) is 20.8 Å². The topological polar surface area (TPSA) is 64.2 Å². The van der Waals surface area contributed by atoms with E-state index in [0.29, 0.717) is 11.0 Å². The molecule has 1 aromatic rings. The van der Waals surface area contributed by atoms with Crippen molar-refractivity contribution in [2.24, 2.45) is 0 Å². The van der Waals surface area contributed by atoms with Crippen LogP contribution in [0.3, 0.4) is 0 Å². The number of hydrogen-bond acceptors (Lipinski definition) is 3. The van der Waals surface area contributed by atoms with Crippen LogP contribution in [0.25, 0.3) is 0 Å². The number of rotatable bonds is 2. The molecule has 0 bridgehead atoms. The lowest BCUT2D eigenvalue weighted by Gasteiger charge is -2.17. The molecule has 82 valence electrons. The van der Waals surface area contributed by atoms with Gasteiger partial charge in [-0.3, -0.25) is 0 Å². The lowest BCUT2D eigenvalue weighted by atomic mass is 9.50. The molecule has 0 atom stereocenters. The van der Waals surface area contributed by atoms with Crippen molar-refractivity contribution in [1.29, 1.82) is 5.26 Å². The lowest BCUT2D eigenvalue weighted by molar-refractivity contribution is 0.426. The highest BCUT2D eigenvalue weighted by Crippen LogP contribution is 2.19. The molecular weight excluding hydrogens is 200 g/mol. The fourth-order valence-corrected chi connectivity index (χ4v) is 1.65. The van der Waals surface area contributed by atoms with Crippen LogP contribution in [-0.2, 0) is 0 Å². The zero-order chi connectivity index (χ0) is 12.3. The number of benzene rings is 1. The summed E-state index contributed by atoms with van der Waals surface area (Å²) in [7, 11) is -0.727. The molecule has 1 aromatic carbocycles. The van der Waals surface area contributed by atoms with Gasteiger partial charge in [0.2, 0.25) is 0 Å². The van der Waals surface area contributed by atoms with Gasteiger partial charge in [-0.05, 0) is 11.5 Å². The van der Waals surface area contributed by atoms with Gasteiger partial charge in [0.25, 0.3) is 0 Å². The first-order chi connectivity index (χ1) is 7.31. The van der Waals surface area contributed by atoms with Gasteiger partial charge in [-0.1, -0.05) is 43.7 Å². The highest BCUT2D eigenvalue weighted by Gasteiger charge is 2.17. The van der Waals surface area contributed by atoms with Gasteiger partial charge in [-0.2, -0.15) is 5.26 Å². The summed E-state index contributed by atoms with van der Waals surface area (Å²) in [5, 5.41) is 27.2. The van der Waals surface area contributed by atoms with Gasteiger partial charge >= 0.3 is 7.12 Å². The highest BCUT2D eigenvalue weighted by atomic mass is 16.4. The standard InChI is InChI=1S/C11H15B2NO2/c1-11(2,3)12-9-4-8(7-14)5-10(6-9)13(15)16/h4-6,12,15-16H,1-3H3. The third kappa shape index (κ3) is 3.73. The van der Waals surface area contributed by atoms with Crippen molar-refractivity contribution in [3.05, 3.63) is 23.8 Å². The van der Waals surface area contributed by atoms with Gasteiger partial charge in [0.05, 0.1) is 11.6 Å². The fourth-order valence-electron chi connectivity index (χ4n) is 1.65. The molecule has 3 nitrogen and oxygen atoms in total. The monoisotopic (exact) mass is 215 g/mol. The molecule has 5 heteroatoms. The highest BCUT2D eigenvalue weighted by molar-refractivity contribution is 6.61. The largest absolute Gasteiger partial charge is 0.488 e. The Labute approximate surface area is 97.1 Å².